The summed E-state index contributed by atoms with van der Waals surface area (Å²) in [6.45, 7) is 2.63. The molecule has 0 aliphatic carbocycles. The van der Waals surface area contributed by atoms with Gasteiger partial charge in [-0.2, -0.15) is 0 Å². The number of rotatable bonds is 7. The Balaban J connectivity index is 1.90. The van der Waals surface area contributed by atoms with Crippen LogP contribution in [-0.2, 0) is 0 Å². The Morgan fingerprint density at radius 1 is 1.00 bits per heavy atom. The van der Waals surface area contributed by atoms with Crippen LogP contribution in [0.4, 0.5) is 0 Å². The number of halogens is 2. The molecule has 0 aromatic heterocycles. The molecular formula is C20H21Cl2N3O3S. The van der Waals surface area contributed by atoms with Crippen LogP contribution in [0.3, 0.4) is 0 Å². The van der Waals surface area contributed by atoms with E-state index in [2.05, 4.69) is 23.1 Å². The first kappa shape index (κ1) is 22.9. The first-order valence-electron chi connectivity index (χ1n) is 9.01. The molecule has 0 saturated carbocycles. The van der Waals surface area contributed by atoms with Gasteiger partial charge in [0.1, 0.15) is 5.75 Å². The second-order valence-corrected chi connectivity index (χ2v) is 7.29. The number of nitrogens with one attached hydrogen (secondary N) is 3. The standard InChI is InChI=1S/C20H21Cl2N3O3S/c1-2-3-6-11-28-17-8-5-4-7-15(17)18(26)23-20(29)25-24-19(27)14-10-9-13(21)12-16(14)22/h4-5,7-10,12H,2-3,6,11H2,1H3,(H,24,27)(H2,23,25,26,29). The number of carbonyl (C=O) groups is 2. The maximum absolute atomic E-state index is 12.5. The number of hydrazine groups is 1. The van der Waals surface area contributed by atoms with Gasteiger partial charge >= 0.3 is 0 Å². The van der Waals surface area contributed by atoms with Crippen molar-refractivity contribution in [2.75, 3.05) is 6.61 Å². The molecule has 154 valence electrons. The van der Waals surface area contributed by atoms with Crippen molar-refractivity contribution in [1.29, 1.82) is 0 Å². The molecule has 0 heterocycles. The lowest BCUT2D eigenvalue weighted by atomic mass is 10.2. The molecule has 2 amide bonds. The van der Waals surface area contributed by atoms with Gasteiger partial charge in [-0.3, -0.25) is 25.8 Å². The van der Waals surface area contributed by atoms with Gasteiger partial charge in [0.05, 0.1) is 22.8 Å². The molecule has 2 aromatic carbocycles. The summed E-state index contributed by atoms with van der Waals surface area (Å²) in [5.41, 5.74) is 5.40. The predicted molar refractivity (Wildman–Crippen MR) is 119 cm³/mol. The number of para-hydroxylation sites is 1. The van der Waals surface area contributed by atoms with Crippen molar-refractivity contribution >= 4 is 52.3 Å². The van der Waals surface area contributed by atoms with E-state index >= 15 is 0 Å². The van der Waals surface area contributed by atoms with Crippen molar-refractivity contribution in [3.8, 4) is 5.75 Å². The molecule has 0 bridgehead atoms. The smallest absolute Gasteiger partial charge is 0.271 e. The zero-order valence-electron chi connectivity index (χ0n) is 15.8. The highest BCUT2D eigenvalue weighted by Gasteiger charge is 2.15. The number of ether oxygens (including phenoxy) is 1. The molecule has 2 aromatic rings. The van der Waals surface area contributed by atoms with Gasteiger partial charge in [0, 0.05) is 5.02 Å². The van der Waals surface area contributed by atoms with Crippen LogP contribution in [0.5, 0.6) is 5.75 Å². The molecular weight excluding hydrogens is 433 g/mol. The fraction of sp³-hybridized carbons (Fsp3) is 0.250. The van der Waals surface area contributed by atoms with Gasteiger partial charge in [-0.05, 0) is 49.0 Å². The Bertz CT molecular complexity index is 893. The fourth-order valence-electron chi connectivity index (χ4n) is 2.37. The monoisotopic (exact) mass is 453 g/mol. The van der Waals surface area contributed by atoms with E-state index in [1.807, 2.05) is 0 Å². The summed E-state index contributed by atoms with van der Waals surface area (Å²) >= 11 is 16.9. The molecule has 29 heavy (non-hydrogen) atoms. The van der Waals surface area contributed by atoms with Crippen LogP contribution < -0.4 is 20.9 Å². The van der Waals surface area contributed by atoms with E-state index in [1.165, 1.54) is 12.1 Å². The summed E-state index contributed by atoms with van der Waals surface area (Å²) in [6, 6.07) is 11.4. The SMILES string of the molecule is CCCCCOc1ccccc1C(=O)NC(=S)NNC(=O)c1ccc(Cl)cc1Cl. The van der Waals surface area contributed by atoms with Crippen LogP contribution in [0, 0.1) is 0 Å². The molecule has 3 N–H and O–H groups in total. The lowest BCUT2D eigenvalue weighted by Crippen LogP contribution is -2.48. The van der Waals surface area contributed by atoms with Gasteiger partial charge in [0.15, 0.2) is 5.11 Å². The van der Waals surface area contributed by atoms with Crippen LogP contribution in [0.1, 0.15) is 46.9 Å². The third kappa shape index (κ3) is 7.20. The van der Waals surface area contributed by atoms with E-state index in [0.29, 0.717) is 22.9 Å². The number of benzene rings is 2. The van der Waals surface area contributed by atoms with Gasteiger partial charge < -0.3 is 4.74 Å². The third-order valence-corrected chi connectivity index (χ3v) is 4.58. The lowest BCUT2D eigenvalue weighted by Gasteiger charge is -2.14. The second kappa shape index (κ2) is 11.6. The Morgan fingerprint density at radius 3 is 2.48 bits per heavy atom. The molecule has 0 spiro atoms. The number of hydrogen-bond acceptors (Lipinski definition) is 4. The number of amides is 2. The average molecular weight is 454 g/mol. The molecule has 0 unspecified atom stereocenters. The normalized spacial score (nSPS) is 10.2. The Morgan fingerprint density at radius 2 is 1.76 bits per heavy atom. The topological polar surface area (TPSA) is 79.5 Å². The van der Waals surface area contributed by atoms with E-state index in [4.69, 9.17) is 40.2 Å². The molecule has 0 fully saturated rings. The summed E-state index contributed by atoms with van der Waals surface area (Å²) in [5.74, 6) is -0.504. The maximum atomic E-state index is 12.5. The van der Waals surface area contributed by atoms with Crippen LogP contribution in [0.2, 0.25) is 10.0 Å². The summed E-state index contributed by atoms with van der Waals surface area (Å²) < 4.78 is 5.70. The van der Waals surface area contributed by atoms with Crippen molar-refractivity contribution in [2.45, 2.75) is 26.2 Å². The minimum absolute atomic E-state index is 0.0748. The zero-order chi connectivity index (χ0) is 21.2. The molecule has 0 atom stereocenters. The van der Waals surface area contributed by atoms with E-state index < -0.39 is 11.8 Å². The highest BCUT2D eigenvalue weighted by atomic mass is 35.5. The van der Waals surface area contributed by atoms with E-state index in [0.717, 1.165) is 19.3 Å². The first-order valence-corrected chi connectivity index (χ1v) is 10.2. The highest BCUT2D eigenvalue weighted by Crippen LogP contribution is 2.21. The largest absolute Gasteiger partial charge is 0.493 e. The lowest BCUT2D eigenvalue weighted by molar-refractivity contribution is 0.0933. The summed E-state index contributed by atoms with van der Waals surface area (Å²) in [5, 5.41) is 3.04. The zero-order valence-corrected chi connectivity index (χ0v) is 18.1. The average Bonchev–Trinajstić information content (AvgIpc) is 2.69. The molecule has 0 saturated heterocycles. The van der Waals surface area contributed by atoms with Crippen molar-refractivity contribution in [2.24, 2.45) is 0 Å². The highest BCUT2D eigenvalue weighted by molar-refractivity contribution is 7.80. The van der Waals surface area contributed by atoms with Crippen molar-refractivity contribution in [3.05, 3.63) is 63.6 Å². The molecule has 9 heteroatoms. The fourth-order valence-corrected chi connectivity index (χ4v) is 3.01. The van der Waals surface area contributed by atoms with Crippen molar-refractivity contribution in [1.82, 2.24) is 16.2 Å². The Labute approximate surface area is 184 Å². The maximum Gasteiger partial charge on any atom is 0.271 e. The van der Waals surface area contributed by atoms with Gasteiger partial charge in [-0.15, -0.1) is 0 Å². The molecule has 2 rings (SSSR count). The minimum Gasteiger partial charge on any atom is -0.493 e. The van der Waals surface area contributed by atoms with Gasteiger partial charge in [-0.1, -0.05) is 55.1 Å². The molecule has 6 nitrogen and oxygen atoms in total. The molecule has 0 radical (unpaired) electrons. The van der Waals surface area contributed by atoms with Gasteiger partial charge in [-0.25, -0.2) is 0 Å². The third-order valence-electron chi connectivity index (χ3n) is 3.83. The van der Waals surface area contributed by atoms with E-state index in [-0.39, 0.29) is 15.7 Å². The first-order chi connectivity index (χ1) is 13.9. The second-order valence-electron chi connectivity index (χ2n) is 6.04. The van der Waals surface area contributed by atoms with Crippen molar-refractivity contribution in [3.63, 3.8) is 0 Å². The number of hydrogen-bond donors (Lipinski definition) is 3. The van der Waals surface area contributed by atoms with Crippen LogP contribution in [-0.4, -0.2) is 23.5 Å². The quantitative estimate of drug-likeness (QED) is 0.326. The summed E-state index contributed by atoms with van der Waals surface area (Å²) in [4.78, 5) is 24.7. The Hall–Kier alpha value is -2.35. The van der Waals surface area contributed by atoms with Crippen molar-refractivity contribution < 1.29 is 14.3 Å². The van der Waals surface area contributed by atoms with Crippen LogP contribution in [0.15, 0.2) is 42.5 Å². The van der Waals surface area contributed by atoms with Crippen LogP contribution >= 0.6 is 35.4 Å². The minimum atomic E-state index is -0.525. The van der Waals surface area contributed by atoms with Gasteiger partial charge in [0.25, 0.3) is 11.8 Å². The summed E-state index contributed by atoms with van der Waals surface area (Å²) in [7, 11) is 0. The van der Waals surface area contributed by atoms with E-state index in [9.17, 15) is 9.59 Å². The van der Waals surface area contributed by atoms with E-state index in [1.54, 1.807) is 30.3 Å². The summed E-state index contributed by atoms with van der Waals surface area (Å²) in [6.07, 6.45) is 3.05. The number of carbonyl (C=O) groups excluding carboxylic acids is 2. The predicted octanol–water partition coefficient (Wildman–Crippen LogP) is 4.51. The molecule has 0 aliphatic rings. The van der Waals surface area contributed by atoms with Crippen LogP contribution in [0.25, 0.3) is 0 Å². The number of thiocarbonyl (C=S) groups is 1. The van der Waals surface area contributed by atoms with Gasteiger partial charge in [0.2, 0.25) is 0 Å². The Kier molecular flexibility index (Phi) is 9.18. The molecule has 0 aliphatic heterocycles. The number of unbranched alkanes of at least 4 members (excludes halogenated alkanes) is 2.